The smallest absolute Gasteiger partial charge is 0.222 e. The number of ether oxygens (including phenoxy) is 1. The van der Waals surface area contributed by atoms with E-state index in [4.69, 9.17) is 4.74 Å². The molecule has 0 aromatic heterocycles. The third-order valence-electron chi connectivity index (χ3n) is 1.99. The van der Waals surface area contributed by atoms with Gasteiger partial charge in [-0.2, -0.15) is 0 Å². The number of hydrogen-bond donors (Lipinski definition) is 0. The molecule has 3 heteroatoms. The number of amides is 1. The molecule has 64 valence electrons. The van der Waals surface area contributed by atoms with E-state index < -0.39 is 0 Å². The Morgan fingerprint density at radius 2 is 2.45 bits per heavy atom. The van der Waals surface area contributed by atoms with E-state index in [1.54, 1.807) is 0 Å². The summed E-state index contributed by atoms with van der Waals surface area (Å²) in [6, 6.07) is 0.260. The lowest BCUT2D eigenvalue weighted by molar-refractivity contribution is -0.138. The van der Waals surface area contributed by atoms with Crippen LogP contribution < -0.4 is 0 Å². The van der Waals surface area contributed by atoms with E-state index >= 15 is 0 Å². The van der Waals surface area contributed by atoms with Crippen LogP contribution in [0.25, 0.3) is 0 Å². The van der Waals surface area contributed by atoms with E-state index in [0.29, 0.717) is 19.6 Å². The van der Waals surface area contributed by atoms with E-state index in [1.807, 2.05) is 18.7 Å². The second-order valence-corrected chi connectivity index (χ2v) is 2.86. The first-order valence-electron chi connectivity index (χ1n) is 4.13. The molecule has 0 unspecified atom stereocenters. The summed E-state index contributed by atoms with van der Waals surface area (Å²) in [5.41, 5.74) is 0. The van der Waals surface area contributed by atoms with Crippen LogP contribution in [0.2, 0.25) is 0 Å². The first kappa shape index (κ1) is 8.53. The molecule has 0 radical (unpaired) electrons. The molecule has 1 aliphatic heterocycles. The van der Waals surface area contributed by atoms with Crippen LogP contribution in [-0.4, -0.2) is 36.6 Å². The van der Waals surface area contributed by atoms with Crippen molar-refractivity contribution in [3.63, 3.8) is 0 Å². The fraction of sp³-hybridized carbons (Fsp3) is 0.875. The fourth-order valence-corrected chi connectivity index (χ4v) is 1.30. The number of rotatable bonds is 1. The molecule has 0 N–H and O–H groups in total. The maximum absolute atomic E-state index is 11.2. The Bertz CT molecular complexity index is 147. The SMILES string of the molecule is CCC(=O)N1CCOC[C@H]1C. The van der Waals surface area contributed by atoms with Gasteiger partial charge in [-0.1, -0.05) is 6.92 Å². The normalized spacial score (nSPS) is 25.3. The van der Waals surface area contributed by atoms with Crippen molar-refractivity contribution in [2.24, 2.45) is 0 Å². The van der Waals surface area contributed by atoms with Crippen LogP contribution in [0.4, 0.5) is 0 Å². The van der Waals surface area contributed by atoms with Crippen molar-refractivity contribution in [2.45, 2.75) is 26.3 Å². The van der Waals surface area contributed by atoms with Gasteiger partial charge in [0.1, 0.15) is 0 Å². The Hall–Kier alpha value is -0.570. The molecule has 1 atom stereocenters. The molecule has 1 fully saturated rings. The highest BCUT2D eigenvalue weighted by Gasteiger charge is 2.21. The van der Waals surface area contributed by atoms with Gasteiger partial charge in [0.2, 0.25) is 5.91 Å². The molecule has 0 aromatic carbocycles. The van der Waals surface area contributed by atoms with Crippen molar-refractivity contribution >= 4 is 5.91 Å². The maximum Gasteiger partial charge on any atom is 0.222 e. The summed E-state index contributed by atoms with van der Waals surface area (Å²) in [6.07, 6.45) is 0.602. The highest BCUT2D eigenvalue weighted by Crippen LogP contribution is 2.07. The average molecular weight is 157 g/mol. The second-order valence-electron chi connectivity index (χ2n) is 2.86. The van der Waals surface area contributed by atoms with Gasteiger partial charge in [0.25, 0.3) is 0 Å². The molecule has 0 spiro atoms. The topological polar surface area (TPSA) is 29.5 Å². The molecule has 1 saturated heterocycles. The van der Waals surface area contributed by atoms with Crippen LogP contribution in [0, 0.1) is 0 Å². The van der Waals surface area contributed by atoms with Gasteiger partial charge in [0.15, 0.2) is 0 Å². The van der Waals surface area contributed by atoms with Gasteiger partial charge >= 0.3 is 0 Å². The number of carbonyl (C=O) groups is 1. The number of hydrogen-bond acceptors (Lipinski definition) is 2. The zero-order valence-corrected chi connectivity index (χ0v) is 7.17. The van der Waals surface area contributed by atoms with E-state index in [0.717, 1.165) is 6.54 Å². The van der Waals surface area contributed by atoms with Crippen LogP contribution in [-0.2, 0) is 9.53 Å². The number of morpholine rings is 1. The summed E-state index contributed by atoms with van der Waals surface area (Å²) in [5, 5.41) is 0. The summed E-state index contributed by atoms with van der Waals surface area (Å²) >= 11 is 0. The van der Waals surface area contributed by atoms with Crippen molar-refractivity contribution in [2.75, 3.05) is 19.8 Å². The molecule has 0 saturated carbocycles. The van der Waals surface area contributed by atoms with Gasteiger partial charge in [-0.25, -0.2) is 0 Å². The summed E-state index contributed by atoms with van der Waals surface area (Å²) in [7, 11) is 0. The molecule has 1 amide bonds. The van der Waals surface area contributed by atoms with Crippen LogP contribution in [0.3, 0.4) is 0 Å². The van der Waals surface area contributed by atoms with Crippen LogP contribution in [0.5, 0.6) is 0 Å². The van der Waals surface area contributed by atoms with Gasteiger partial charge in [0, 0.05) is 13.0 Å². The zero-order valence-electron chi connectivity index (χ0n) is 7.17. The second kappa shape index (κ2) is 3.72. The van der Waals surface area contributed by atoms with E-state index in [9.17, 15) is 4.79 Å². The molecule has 0 bridgehead atoms. The molecule has 1 heterocycles. The Kier molecular flexibility index (Phi) is 2.88. The van der Waals surface area contributed by atoms with Gasteiger partial charge < -0.3 is 9.64 Å². The van der Waals surface area contributed by atoms with Crippen molar-refractivity contribution < 1.29 is 9.53 Å². The Balaban J connectivity index is 2.47. The van der Waals surface area contributed by atoms with E-state index in [-0.39, 0.29) is 11.9 Å². The Morgan fingerprint density at radius 1 is 1.73 bits per heavy atom. The molecule has 11 heavy (non-hydrogen) atoms. The first-order chi connectivity index (χ1) is 5.25. The Labute approximate surface area is 67.3 Å². The molecule has 0 aliphatic carbocycles. The monoisotopic (exact) mass is 157 g/mol. The molecular formula is C8H15NO2. The lowest BCUT2D eigenvalue weighted by atomic mass is 10.2. The highest BCUT2D eigenvalue weighted by atomic mass is 16.5. The van der Waals surface area contributed by atoms with Crippen molar-refractivity contribution in [3.05, 3.63) is 0 Å². The van der Waals surface area contributed by atoms with Crippen molar-refractivity contribution in [3.8, 4) is 0 Å². The molecule has 1 aliphatic rings. The fourth-order valence-electron chi connectivity index (χ4n) is 1.30. The molecule has 1 rings (SSSR count). The van der Waals surface area contributed by atoms with E-state index in [2.05, 4.69) is 0 Å². The number of nitrogens with zero attached hydrogens (tertiary/aromatic N) is 1. The maximum atomic E-state index is 11.2. The Morgan fingerprint density at radius 3 is 3.00 bits per heavy atom. The summed E-state index contributed by atoms with van der Waals surface area (Å²) in [4.78, 5) is 13.1. The third-order valence-corrected chi connectivity index (χ3v) is 1.99. The third kappa shape index (κ3) is 1.93. The largest absolute Gasteiger partial charge is 0.377 e. The lowest BCUT2D eigenvalue weighted by Crippen LogP contribution is -2.46. The van der Waals surface area contributed by atoms with Crippen LogP contribution >= 0.6 is 0 Å². The highest BCUT2D eigenvalue weighted by molar-refractivity contribution is 5.76. The van der Waals surface area contributed by atoms with Crippen LogP contribution in [0.15, 0.2) is 0 Å². The predicted molar refractivity (Wildman–Crippen MR) is 42.3 cm³/mol. The zero-order chi connectivity index (χ0) is 8.27. The minimum Gasteiger partial charge on any atom is -0.377 e. The molecular weight excluding hydrogens is 142 g/mol. The minimum absolute atomic E-state index is 0.237. The van der Waals surface area contributed by atoms with E-state index in [1.165, 1.54) is 0 Å². The van der Waals surface area contributed by atoms with Crippen LogP contribution in [0.1, 0.15) is 20.3 Å². The van der Waals surface area contributed by atoms with Crippen molar-refractivity contribution in [1.82, 2.24) is 4.90 Å². The molecule has 3 nitrogen and oxygen atoms in total. The predicted octanol–water partition coefficient (Wildman–Crippen LogP) is 0.644. The summed E-state index contributed by atoms with van der Waals surface area (Å²) in [5.74, 6) is 0.237. The first-order valence-corrected chi connectivity index (χ1v) is 4.13. The van der Waals surface area contributed by atoms with Gasteiger partial charge in [-0.3, -0.25) is 4.79 Å². The molecule has 0 aromatic rings. The summed E-state index contributed by atoms with van der Waals surface area (Å²) < 4.78 is 5.21. The minimum atomic E-state index is 0.237. The lowest BCUT2D eigenvalue weighted by Gasteiger charge is -2.33. The summed E-state index contributed by atoms with van der Waals surface area (Å²) in [6.45, 7) is 6.05. The van der Waals surface area contributed by atoms with Crippen molar-refractivity contribution in [1.29, 1.82) is 0 Å². The standard InChI is InChI=1S/C8H15NO2/c1-3-8(10)9-4-5-11-6-7(9)2/h7H,3-6H2,1-2H3/t7-/m1/s1. The quantitative estimate of drug-likeness (QED) is 0.559. The van der Waals surface area contributed by atoms with Gasteiger partial charge in [-0.15, -0.1) is 0 Å². The van der Waals surface area contributed by atoms with Gasteiger partial charge in [-0.05, 0) is 6.92 Å². The van der Waals surface area contributed by atoms with Gasteiger partial charge in [0.05, 0.1) is 19.3 Å². The average Bonchev–Trinajstić information content (AvgIpc) is 2.04. The number of carbonyl (C=O) groups excluding carboxylic acids is 1.